The van der Waals surface area contributed by atoms with Crippen molar-refractivity contribution in [3.05, 3.63) is 35.4 Å². The summed E-state index contributed by atoms with van der Waals surface area (Å²) in [5, 5.41) is 12.9. The van der Waals surface area contributed by atoms with Gasteiger partial charge in [0.1, 0.15) is 0 Å². The predicted octanol–water partition coefficient (Wildman–Crippen LogP) is 3.83. The molecule has 0 radical (unpaired) electrons. The van der Waals surface area contributed by atoms with Gasteiger partial charge in [-0.15, -0.1) is 0 Å². The van der Waals surface area contributed by atoms with E-state index in [4.69, 9.17) is 0 Å². The molecule has 1 aromatic rings. The van der Waals surface area contributed by atoms with E-state index in [0.29, 0.717) is 12.5 Å². The van der Waals surface area contributed by atoms with E-state index in [9.17, 15) is 9.90 Å². The lowest BCUT2D eigenvalue weighted by atomic mass is 9.77. The molecule has 0 spiro atoms. The van der Waals surface area contributed by atoms with Crippen molar-refractivity contribution in [3.8, 4) is 0 Å². The highest BCUT2D eigenvalue weighted by Crippen LogP contribution is 2.41. The molecule has 2 aliphatic rings. The minimum atomic E-state index is 0.0270. The van der Waals surface area contributed by atoms with Crippen molar-refractivity contribution < 1.29 is 9.90 Å². The Morgan fingerprint density at radius 1 is 1.26 bits per heavy atom. The lowest BCUT2D eigenvalue weighted by Gasteiger charge is -2.43. The van der Waals surface area contributed by atoms with E-state index >= 15 is 0 Å². The summed E-state index contributed by atoms with van der Waals surface area (Å²) in [7, 11) is 0. The van der Waals surface area contributed by atoms with Gasteiger partial charge in [-0.25, -0.2) is 0 Å². The van der Waals surface area contributed by atoms with Crippen LogP contribution in [0.2, 0.25) is 0 Å². The molecule has 1 heterocycles. The van der Waals surface area contributed by atoms with Crippen LogP contribution in [0.3, 0.4) is 0 Å². The van der Waals surface area contributed by atoms with E-state index in [1.807, 2.05) is 0 Å². The molecule has 1 aliphatic carbocycles. The minimum absolute atomic E-state index is 0.0270. The number of nitrogens with one attached hydrogen (secondary N) is 1. The number of fused-ring (bicyclic) bond motifs is 1. The van der Waals surface area contributed by atoms with Crippen LogP contribution < -0.4 is 5.32 Å². The molecule has 1 saturated carbocycles. The number of benzene rings is 1. The second kappa shape index (κ2) is 10.2. The first-order valence-corrected chi connectivity index (χ1v) is 11.0. The zero-order valence-corrected chi connectivity index (χ0v) is 16.8. The van der Waals surface area contributed by atoms with Gasteiger partial charge in [0.15, 0.2) is 0 Å². The Bertz CT molecular complexity index is 598. The Morgan fingerprint density at radius 2 is 2.04 bits per heavy atom. The third-order valence-electron chi connectivity index (χ3n) is 6.42. The number of unbranched alkanes of at least 4 members (excludes halogenated alkanes) is 1. The first-order chi connectivity index (χ1) is 13.2. The van der Waals surface area contributed by atoms with E-state index in [1.165, 1.54) is 43.2 Å². The zero-order valence-electron chi connectivity index (χ0n) is 16.8. The van der Waals surface area contributed by atoms with Crippen LogP contribution in [0.25, 0.3) is 0 Å². The molecule has 1 aliphatic heterocycles. The average Bonchev–Trinajstić information content (AvgIpc) is 2.73. The number of rotatable bonds is 8. The number of hydrogen-bond acceptors (Lipinski definition) is 3. The molecule has 0 aromatic heterocycles. The van der Waals surface area contributed by atoms with E-state index in [0.717, 1.165) is 32.2 Å². The molecule has 1 aromatic carbocycles. The van der Waals surface area contributed by atoms with Gasteiger partial charge in [0.05, 0.1) is 19.2 Å². The highest BCUT2D eigenvalue weighted by molar-refractivity contribution is 5.79. The number of amides is 1. The average molecular weight is 373 g/mol. The quantitative estimate of drug-likeness (QED) is 0.729. The summed E-state index contributed by atoms with van der Waals surface area (Å²) in [5.41, 5.74) is 2.79. The Hall–Kier alpha value is -1.39. The highest BCUT2D eigenvalue weighted by atomic mass is 16.3. The van der Waals surface area contributed by atoms with Gasteiger partial charge in [-0.1, -0.05) is 63.3 Å². The van der Waals surface area contributed by atoms with Crippen molar-refractivity contribution >= 4 is 5.91 Å². The molecule has 2 N–H and O–H groups in total. The zero-order chi connectivity index (χ0) is 19.1. The van der Waals surface area contributed by atoms with Gasteiger partial charge in [-0.2, -0.15) is 0 Å². The van der Waals surface area contributed by atoms with Crippen LogP contribution in [-0.2, 0) is 11.2 Å². The summed E-state index contributed by atoms with van der Waals surface area (Å²) >= 11 is 0. The number of nitrogens with zero attached hydrogens (tertiary/aromatic N) is 1. The number of aliphatic hydroxyl groups is 1. The van der Waals surface area contributed by atoms with Crippen LogP contribution in [0.1, 0.15) is 75.5 Å². The van der Waals surface area contributed by atoms with Gasteiger partial charge in [-0.05, 0) is 42.7 Å². The molecule has 4 heteroatoms. The molecule has 1 amide bonds. The molecular weight excluding hydrogens is 336 g/mol. The minimum Gasteiger partial charge on any atom is -0.395 e. The normalized spacial score (nSPS) is 21.7. The first-order valence-electron chi connectivity index (χ1n) is 11.0. The van der Waals surface area contributed by atoms with E-state index < -0.39 is 0 Å². The van der Waals surface area contributed by atoms with E-state index in [1.54, 1.807) is 0 Å². The van der Waals surface area contributed by atoms with Gasteiger partial charge in [0, 0.05) is 12.6 Å². The summed E-state index contributed by atoms with van der Waals surface area (Å²) in [6, 6.07) is 8.96. The maximum absolute atomic E-state index is 13.1. The summed E-state index contributed by atoms with van der Waals surface area (Å²) < 4.78 is 0. The fourth-order valence-corrected chi connectivity index (χ4v) is 4.88. The molecule has 1 unspecified atom stereocenters. The van der Waals surface area contributed by atoms with E-state index in [2.05, 4.69) is 41.4 Å². The van der Waals surface area contributed by atoms with Crippen molar-refractivity contribution in [2.24, 2.45) is 5.92 Å². The topological polar surface area (TPSA) is 52.6 Å². The number of aliphatic hydroxyl groups excluding tert-OH is 1. The third kappa shape index (κ3) is 5.11. The summed E-state index contributed by atoms with van der Waals surface area (Å²) in [4.78, 5) is 15.3. The molecule has 4 nitrogen and oxygen atoms in total. The van der Waals surface area contributed by atoms with Crippen molar-refractivity contribution in [1.82, 2.24) is 10.2 Å². The van der Waals surface area contributed by atoms with Crippen molar-refractivity contribution in [1.29, 1.82) is 0 Å². The van der Waals surface area contributed by atoms with Gasteiger partial charge in [0.2, 0.25) is 5.91 Å². The van der Waals surface area contributed by atoms with Crippen LogP contribution in [0.15, 0.2) is 24.3 Å². The Balaban J connectivity index is 1.71. The Kier molecular flexibility index (Phi) is 7.71. The van der Waals surface area contributed by atoms with Crippen LogP contribution >= 0.6 is 0 Å². The summed E-state index contributed by atoms with van der Waals surface area (Å²) in [6.07, 6.45) is 10.4. The van der Waals surface area contributed by atoms with Gasteiger partial charge in [-0.3, -0.25) is 4.79 Å². The molecule has 150 valence electrons. The molecule has 0 bridgehead atoms. The van der Waals surface area contributed by atoms with Gasteiger partial charge >= 0.3 is 0 Å². The monoisotopic (exact) mass is 372 g/mol. The van der Waals surface area contributed by atoms with Crippen molar-refractivity contribution in [2.75, 3.05) is 19.7 Å². The summed E-state index contributed by atoms with van der Waals surface area (Å²) in [5.74, 6) is 0.771. The molecule has 1 fully saturated rings. The number of carbonyl (C=O) groups is 1. The second-order valence-corrected chi connectivity index (χ2v) is 8.28. The van der Waals surface area contributed by atoms with Crippen LogP contribution in [-0.4, -0.2) is 41.7 Å². The van der Waals surface area contributed by atoms with Gasteiger partial charge in [0.25, 0.3) is 0 Å². The maximum Gasteiger partial charge on any atom is 0.237 e. The van der Waals surface area contributed by atoms with Gasteiger partial charge < -0.3 is 15.3 Å². The fraction of sp³-hybridized carbons (Fsp3) is 0.696. The predicted molar refractivity (Wildman–Crippen MR) is 110 cm³/mol. The van der Waals surface area contributed by atoms with Crippen molar-refractivity contribution in [3.63, 3.8) is 0 Å². The van der Waals surface area contributed by atoms with Crippen LogP contribution in [0, 0.1) is 5.92 Å². The summed E-state index contributed by atoms with van der Waals surface area (Å²) in [6.45, 7) is 3.40. The SMILES string of the molecule is CCCC[C@@H](CO)NCC(=O)N1CCc2ccccc2C1C1CCCCC1. The molecule has 3 rings (SSSR count). The lowest BCUT2D eigenvalue weighted by Crippen LogP contribution is -2.48. The number of carbonyl (C=O) groups excluding carboxylic acids is 1. The molecular formula is C23H36N2O2. The lowest BCUT2D eigenvalue weighted by molar-refractivity contribution is -0.135. The molecule has 27 heavy (non-hydrogen) atoms. The largest absolute Gasteiger partial charge is 0.395 e. The Labute approximate surface area is 164 Å². The maximum atomic E-state index is 13.1. The standard InChI is InChI=1S/C23H36N2O2/c1-2-3-12-20(17-26)24-16-22(27)25-15-14-18-9-7-8-13-21(18)23(25)19-10-5-4-6-11-19/h7-9,13,19-20,23-24,26H,2-6,10-12,14-17H2,1H3/t20-,23?/m0/s1. The van der Waals surface area contributed by atoms with Crippen LogP contribution in [0.5, 0.6) is 0 Å². The van der Waals surface area contributed by atoms with Crippen molar-refractivity contribution in [2.45, 2.75) is 76.8 Å². The third-order valence-corrected chi connectivity index (χ3v) is 6.42. The second-order valence-electron chi connectivity index (χ2n) is 8.28. The molecule has 0 saturated heterocycles. The molecule has 2 atom stereocenters. The van der Waals surface area contributed by atoms with Crippen LogP contribution in [0.4, 0.5) is 0 Å². The first kappa shape index (κ1) is 20.3. The van der Waals surface area contributed by atoms with E-state index in [-0.39, 0.29) is 24.6 Å². The fourth-order valence-electron chi connectivity index (χ4n) is 4.88. The number of hydrogen-bond donors (Lipinski definition) is 2. The smallest absolute Gasteiger partial charge is 0.237 e. The Morgan fingerprint density at radius 3 is 2.78 bits per heavy atom. The highest BCUT2D eigenvalue weighted by Gasteiger charge is 2.36.